The summed E-state index contributed by atoms with van der Waals surface area (Å²) in [6.45, 7) is 5.58. The van der Waals surface area contributed by atoms with E-state index in [4.69, 9.17) is 0 Å². The van der Waals surface area contributed by atoms with Gasteiger partial charge in [0.25, 0.3) is 5.91 Å². The molecule has 0 aromatic heterocycles. The fraction of sp³-hybridized carbons (Fsp3) is 0.417. The van der Waals surface area contributed by atoms with Crippen molar-refractivity contribution in [2.24, 2.45) is 5.92 Å². The number of rotatable bonds is 2. The van der Waals surface area contributed by atoms with E-state index in [2.05, 4.69) is 13.8 Å². The molecule has 3 nitrogen and oxygen atoms in total. The predicted molar refractivity (Wildman–Crippen MR) is 57.7 cm³/mol. The van der Waals surface area contributed by atoms with Gasteiger partial charge in [0, 0.05) is 18.7 Å². The van der Waals surface area contributed by atoms with Gasteiger partial charge >= 0.3 is 0 Å². The van der Waals surface area contributed by atoms with Crippen LogP contribution in [0.15, 0.2) is 18.2 Å². The molecule has 0 atom stereocenters. The minimum Gasteiger partial charge on any atom is -0.508 e. The van der Waals surface area contributed by atoms with Gasteiger partial charge < -0.3 is 10.0 Å². The Hall–Kier alpha value is -1.51. The van der Waals surface area contributed by atoms with Gasteiger partial charge in [0.2, 0.25) is 0 Å². The molecule has 1 heterocycles. The summed E-state index contributed by atoms with van der Waals surface area (Å²) in [5.74, 6) is 0.781. The third-order valence-corrected chi connectivity index (χ3v) is 2.55. The van der Waals surface area contributed by atoms with E-state index < -0.39 is 0 Å². The number of carbonyl (C=O) groups is 1. The van der Waals surface area contributed by atoms with Crippen LogP contribution in [0.25, 0.3) is 0 Å². The number of phenols is 1. The highest BCUT2D eigenvalue weighted by Gasteiger charge is 2.27. The Morgan fingerprint density at radius 1 is 1.47 bits per heavy atom. The van der Waals surface area contributed by atoms with E-state index in [9.17, 15) is 9.90 Å². The maximum Gasteiger partial charge on any atom is 0.254 e. The van der Waals surface area contributed by atoms with E-state index in [1.54, 1.807) is 18.2 Å². The molecular formula is C12H15NO2. The number of carbonyl (C=O) groups excluding carboxylic acids is 1. The molecule has 3 heteroatoms. The zero-order valence-electron chi connectivity index (χ0n) is 9.03. The quantitative estimate of drug-likeness (QED) is 0.802. The van der Waals surface area contributed by atoms with Crippen LogP contribution in [-0.2, 0) is 6.54 Å². The van der Waals surface area contributed by atoms with Crippen LogP contribution >= 0.6 is 0 Å². The van der Waals surface area contributed by atoms with Crippen LogP contribution in [0.5, 0.6) is 5.75 Å². The second-order valence-electron chi connectivity index (χ2n) is 4.42. The van der Waals surface area contributed by atoms with Gasteiger partial charge in [-0.2, -0.15) is 0 Å². The minimum absolute atomic E-state index is 0.0821. The van der Waals surface area contributed by atoms with Crippen LogP contribution in [-0.4, -0.2) is 22.5 Å². The lowest BCUT2D eigenvalue weighted by molar-refractivity contribution is 0.0760. The van der Waals surface area contributed by atoms with Gasteiger partial charge in [-0.1, -0.05) is 13.8 Å². The number of nitrogens with zero attached hydrogens (tertiary/aromatic N) is 1. The largest absolute Gasteiger partial charge is 0.508 e. The minimum atomic E-state index is 0.0821. The van der Waals surface area contributed by atoms with Crippen molar-refractivity contribution in [1.29, 1.82) is 0 Å². The Balaban J connectivity index is 2.25. The molecule has 0 saturated heterocycles. The van der Waals surface area contributed by atoms with Crippen molar-refractivity contribution in [2.75, 3.05) is 6.54 Å². The number of amides is 1. The van der Waals surface area contributed by atoms with Gasteiger partial charge in [-0.05, 0) is 29.7 Å². The smallest absolute Gasteiger partial charge is 0.254 e. The molecule has 80 valence electrons. The summed E-state index contributed by atoms with van der Waals surface area (Å²) in [5.41, 5.74) is 1.66. The molecule has 1 aliphatic rings. The SMILES string of the molecule is CC(C)CN1Cc2cc(O)ccc2C1=O. The Morgan fingerprint density at radius 2 is 2.20 bits per heavy atom. The Kier molecular flexibility index (Phi) is 2.39. The summed E-state index contributed by atoms with van der Waals surface area (Å²) >= 11 is 0. The van der Waals surface area contributed by atoms with Crippen molar-refractivity contribution >= 4 is 5.91 Å². The average molecular weight is 205 g/mol. The third-order valence-electron chi connectivity index (χ3n) is 2.55. The molecule has 15 heavy (non-hydrogen) atoms. The van der Waals surface area contributed by atoms with Crippen molar-refractivity contribution in [1.82, 2.24) is 4.90 Å². The molecule has 0 radical (unpaired) electrons. The van der Waals surface area contributed by atoms with E-state index in [1.807, 2.05) is 4.90 Å². The lowest BCUT2D eigenvalue weighted by Crippen LogP contribution is -2.27. The fourth-order valence-corrected chi connectivity index (χ4v) is 1.96. The maximum atomic E-state index is 11.9. The molecule has 1 aliphatic heterocycles. The van der Waals surface area contributed by atoms with Gasteiger partial charge in [0.15, 0.2) is 0 Å². The highest BCUT2D eigenvalue weighted by Crippen LogP contribution is 2.26. The number of fused-ring (bicyclic) bond motifs is 1. The molecule has 0 aliphatic carbocycles. The van der Waals surface area contributed by atoms with E-state index in [-0.39, 0.29) is 11.7 Å². The van der Waals surface area contributed by atoms with Gasteiger partial charge in [-0.3, -0.25) is 4.79 Å². The second kappa shape index (κ2) is 3.57. The van der Waals surface area contributed by atoms with Crippen LogP contribution in [0.1, 0.15) is 29.8 Å². The maximum absolute atomic E-state index is 11.9. The van der Waals surface area contributed by atoms with Gasteiger partial charge in [-0.15, -0.1) is 0 Å². The topological polar surface area (TPSA) is 40.5 Å². The molecule has 0 saturated carbocycles. The van der Waals surface area contributed by atoms with Crippen molar-refractivity contribution in [3.05, 3.63) is 29.3 Å². The van der Waals surface area contributed by atoms with Crippen LogP contribution in [0.4, 0.5) is 0 Å². The summed E-state index contributed by atoms with van der Waals surface area (Å²) in [6.07, 6.45) is 0. The van der Waals surface area contributed by atoms with E-state index >= 15 is 0 Å². The number of hydrogen-bond donors (Lipinski definition) is 1. The van der Waals surface area contributed by atoms with E-state index in [0.717, 1.165) is 17.7 Å². The van der Waals surface area contributed by atoms with Gasteiger partial charge in [-0.25, -0.2) is 0 Å². The zero-order valence-corrected chi connectivity index (χ0v) is 9.03. The Bertz CT molecular complexity index is 399. The fourth-order valence-electron chi connectivity index (χ4n) is 1.96. The molecule has 1 N–H and O–H groups in total. The Labute approximate surface area is 89.3 Å². The summed E-state index contributed by atoms with van der Waals surface area (Å²) in [4.78, 5) is 13.7. The van der Waals surface area contributed by atoms with E-state index in [1.165, 1.54) is 0 Å². The summed E-state index contributed by atoms with van der Waals surface area (Å²) in [6, 6.07) is 4.94. The van der Waals surface area contributed by atoms with Crippen molar-refractivity contribution in [3.63, 3.8) is 0 Å². The summed E-state index contributed by atoms with van der Waals surface area (Å²) in [5, 5.41) is 9.32. The normalized spacial score (nSPS) is 14.9. The lowest BCUT2D eigenvalue weighted by atomic mass is 10.1. The van der Waals surface area contributed by atoms with Crippen molar-refractivity contribution in [2.45, 2.75) is 20.4 Å². The standard InChI is InChI=1S/C12H15NO2/c1-8(2)6-13-7-9-5-10(14)3-4-11(9)12(13)15/h3-5,8,14H,6-7H2,1-2H3. The number of aromatic hydroxyl groups is 1. The molecule has 0 spiro atoms. The molecule has 1 aromatic carbocycles. The highest BCUT2D eigenvalue weighted by atomic mass is 16.3. The van der Waals surface area contributed by atoms with Crippen LogP contribution in [0, 0.1) is 5.92 Å². The molecule has 2 rings (SSSR count). The molecule has 0 fully saturated rings. The van der Waals surface area contributed by atoms with Crippen LogP contribution in [0.2, 0.25) is 0 Å². The van der Waals surface area contributed by atoms with Gasteiger partial charge in [0.1, 0.15) is 5.75 Å². The molecule has 1 aromatic rings. The number of hydrogen-bond acceptors (Lipinski definition) is 2. The first-order valence-corrected chi connectivity index (χ1v) is 5.19. The van der Waals surface area contributed by atoms with E-state index in [0.29, 0.717) is 12.5 Å². The first kappa shape index (κ1) is 10.0. The first-order valence-electron chi connectivity index (χ1n) is 5.19. The monoisotopic (exact) mass is 205 g/mol. The zero-order chi connectivity index (χ0) is 11.0. The highest BCUT2D eigenvalue weighted by molar-refractivity contribution is 5.98. The molecular weight excluding hydrogens is 190 g/mol. The lowest BCUT2D eigenvalue weighted by Gasteiger charge is -2.17. The molecule has 0 unspecified atom stereocenters. The second-order valence-corrected chi connectivity index (χ2v) is 4.42. The first-order chi connectivity index (χ1) is 7.08. The summed E-state index contributed by atoms with van der Waals surface area (Å²) in [7, 11) is 0. The summed E-state index contributed by atoms with van der Waals surface area (Å²) < 4.78 is 0. The van der Waals surface area contributed by atoms with Crippen molar-refractivity contribution in [3.8, 4) is 5.75 Å². The number of benzene rings is 1. The van der Waals surface area contributed by atoms with Crippen LogP contribution < -0.4 is 0 Å². The molecule has 1 amide bonds. The third kappa shape index (κ3) is 1.82. The van der Waals surface area contributed by atoms with Crippen molar-refractivity contribution < 1.29 is 9.90 Å². The number of phenolic OH excluding ortho intramolecular Hbond substituents is 1. The predicted octanol–water partition coefficient (Wildman–Crippen LogP) is 2.00. The molecule has 0 bridgehead atoms. The Morgan fingerprint density at radius 3 is 2.87 bits per heavy atom. The average Bonchev–Trinajstić information content (AvgIpc) is 2.42. The van der Waals surface area contributed by atoms with Gasteiger partial charge in [0.05, 0.1) is 0 Å². The van der Waals surface area contributed by atoms with Crippen LogP contribution in [0.3, 0.4) is 0 Å².